The van der Waals surface area contributed by atoms with Crippen molar-refractivity contribution in [3.63, 3.8) is 0 Å². The van der Waals surface area contributed by atoms with Crippen molar-refractivity contribution >= 4 is 27.7 Å². The molecular weight excluding hydrogens is 412 g/mol. The first-order valence-corrected chi connectivity index (χ1v) is 9.34. The summed E-state index contributed by atoms with van der Waals surface area (Å²) in [5.41, 5.74) is 6.70. The molecule has 0 heterocycles. The summed E-state index contributed by atoms with van der Waals surface area (Å²) in [4.78, 5) is 23.6. The van der Waals surface area contributed by atoms with Gasteiger partial charge in [-0.3, -0.25) is 20.4 Å². The smallest absolute Gasteiger partial charge is 0.276 e. The third-order valence-corrected chi connectivity index (χ3v) is 4.18. The Bertz CT molecular complexity index is 791. The molecule has 2 rings (SSSR count). The van der Waals surface area contributed by atoms with Gasteiger partial charge in [0.05, 0.1) is 0 Å². The molecule has 0 aliphatic carbocycles. The number of nitrogens with one attached hydrogen (secondary N) is 2. The lowest BCUT2D eigenvalue weighted by atomic mass is 10.0. The van der Waals surface area contributed by atoms with E-state index in [1.54, 1.807) is 18.2 Å². The Morgan fingerprint density at radius 2 is 1.56 bits per heavy atom. The third kappa shape index (κ3) is 6.94. The van der Waals surface area contributed by atoms with E-state index in [-0.39, 0.29) is 19.1 Å². The summed E-state index contributed by atoms with van der Waals surface area (Å²) in [7, 11) is 0. The minimum absolute atomic E-state index is 0.200. The molecule has 6 nitrogen and oxygen atoms in total. The van der Waals surface area contributed by atoms with Crippen molar-refractivity contribution in [3.8, 4) is 11.5 Å². The van der Waals surface area contributed by atoms with E-state index in [4.69, 9.17) is 9.47 Å². The Balaban J connectivity index is 1.74. The molecule has 2 aromatic rings. The molecule has 0 unspecified atom stereocenters. The SMILES string of the molecule is Cc1ccc(OCC(=O)NNC(=O)COc2ccc(Br)cc2C(C)C)cc1. The topological polar surface area (TPSA) is 76.7 Å². The van der Waals surface area contributed by atoms with E-state index in [9.17, 15) is 9.59 Å². The van der Waals surface area contributed by atoms with Gasteiger partial charge in [0.15, 0.2) is 13.2 Å². The van der Waals surface area contributed by atoms with Crippen LogP contribution in [0.5, 0.6) is 11.5 Å². The van der Waals surface area contributed by atoms with Crippen molar-refractivity contribution in [1.82, 2.24) is 10.9 Å². The van der Waals surface area contributed by atoms with Gasteiger partial charge in [-0.2, -0.15) is 0 Å². The second-order valence-corrected chi connectivity index (χ2v) is 7.24. The van der Waals surface area contributed by atoms with Crippen molar-refractivity contribution in [2.45, 2.75) is 26.7 Å². The van der Waals surface area contributed by atoms with Crippen LogP contribution in [0.1, 0.15) is 30.9 Å². The lowest BCUT2D eigenvalue weighted by Crippen LogP contribution is -2.45. The molecule has 0 spiro atoms. The van der Waals surface area contributed by atoms with Gasteiger partial charge < -0.3 is 9.47 Å². The normalized spacial score (nSPS) is 10.4. The van der Waals surface area contributed by atoms with E-state index in [1.807, 2.05) is 45.0 Å². The molecular formula is C20H23BrN2O4. The van der Waals surface area contributed by atoms with Crippen molar-refractivity contribution < 1.29 is 19.1 Å². The minimum Gasteiger partial charge on any atom is -0.484 e. The number of amides is 2. The zero-order valence-electron chi connectivity index (χ0n) is 15.5. The van der Waals surface area contributed by atoms with Gasteiger partial charge in [0.25, 0.3) is 11.8 Å². The van der Waals surface area contributed by atoms with E-state index in [0.29, 0.717) is 11.5 Å². The maximum atomic E-state index is 11.9. The highest BCUT2D eigenvalue weighted by molar-refractivity contribution is 9.10. The number of hydrogen-bond donors (Lipinski definition) is 2. The number of rotatable bonds is 7. The lowest BCUT2D eigenvalue weighted by Gasteiger charge is -2.14. The Morgan fingerprint density at radius 1 is 0.963 bits per heavy atom. The fraction of sp³-hybridized carbons (Fsp3) is 0.300. The first-order valence-electron chi connectivity index (χ1n) is 8.54. The number of aryl methyl sites for hydroxylation is 1. The van der Waals surface area contributed by atoms with Gasteiger partial charge in [0.1, 0.15) is 11.5 Å². The van der Waals surface area contributed by atoms with Crippen LogP contribution in [0, 0.1) is 6.92 Å². The Kier molecular flexibility index (Phi) is 7.67. The summed E-state index contributed by atoms with van der Waals surface area (Å²) in [5.74, 6) is 0.546. The number of carbonyl (C=O) groups excluding carboxylic acids is 2. The molecule has 0 aliphatic heterocycles. The molecule has 0 bridgehead atoms. The van der Waals surface area contributed by atoms with Crippen molar-refractivity contribution in [1.29, 1.82) is 0 Å². The zero-order valence-corrected chi connectivity index (χ0v) is 17.1. The average molecular weight is 435 g/mol. The standard InChI is InChI=1S/C20H23BrN2O4/c1-13(2)17-10-15(21)6-9-18(17)27-12-20(25)23-22-19(24)11-26-16-7-4-14(3)5-8-16/h4-10,13H,11-12H2,1-3H3,(H,22,24)(H,23,25). The van der Waals surface area contributed by atoms with E-state index < -0.39 is 11.8 Å². The molecule has 0 atom stereocenters. The first-order chi connectivity index (χ1) is 12.8. The van der Waals surface area contributed by atoms with E-state index in [2.05, 4.69) is 26.8 Å². The first kappa shape index (κ1) is 20.8. The second-order valence-electron chi connectivity index (χ2n) is 6.32. The van der Waals surface area contributed by atoms with Gasteiger partial charge in [-0.05, 0) is 48.7 Å². The largest absolute Gasteiger partial charge is 0.484 e. The Hall–Kier alpha value is -2.54. The quantitative estimate of drug-likeness (QED) is 0.653. The minimum atomic E-state index is -0.463. The van der Waals surface area contributed by atoms with Gasteiger partial charge in [-0.25, -0.2) is 0 Å². The van der Waals surface area contributed by atoms with E-state index >= 15 is 0 Å². The number of halogens is 1. The number of benzene rings is 2. The van der Waals surface area contributed by atoms with Gasteiger partial charge in [0.2, 0.25) is 0 Å². The highest BCUT2D eigenvalue weighted by atomic mass is 79.9. The number of ether oxygens (including phenoxy) is 2. The summed E-state index contributed by atoms with van der Waals surface area (Å²) >= 11 is 3.43. The molecule has 0 saturated heterocycles. The van der Waals surface area contributed by atoms with Gasteiger partial charge in [0, 0.05) is 4.47 Å². The van der Waals surface area contributed by atoms with Crippen LogP contribution < -0.4 is 20.3 Å². The van der Waals surface area contributed by atoms with Crippen LogP contribution in [-0.4, -0.2) is 25.0 Å². The summed E-state index contributed by atoms with van der Waals surface area (Å²) in [6, 6.07) is 12.9. The van der Waals surface area contributed by atoms with Gasteiger partial charge >= 0.3 is 0 Å². The molecule has 0 fully saturated rings. The molecule has 2 aromatic carbocycles. The van der Waals surface area contributed by atoms with Crippen LogP contribution >= 0.6 is 15.9 Å². The Morgan fingerprint density at radius 3 is 2.15 bits per heavy atom. The highest BCUT2D eigenvalue weighted by Gasteiger charge is 2.11. The summed E-state index contributed by atoms with van der Waals surface area (Å²) in [5, 5.41) is 0. The maximum absolute atomic E-state index is 11.9. The van der Waals surface area contributed by atoms with Crippen LogP contribution in [0.2, 0.25) is 0 Å². The molecule has 2 N–H and O–H groups in total. The predicted molar refractivity (Wildman–Crippen MR) is 107 cm³/mol. The Labute approximate surface area is 167 Å². The van der Waals surface area contributed by atoms with Crippen LogP contribution in [-0.2, 0) is 9.59 Å². The van der Waals surface area contributed by atoms with Crippen LogP contribution in [0.3, 0.4) is 0 Å². The fourth-order valence-corrected chi connectivity index (χ4v) is 2.62. The number of hydrogen-bond acceptors (Lipinski definition) is 4. The van der Waals surface area contributed by atoms with Gasteiger partial charge in [-0.1, -0.05) is 47.5 Å². The fourth-order valence-electron chi connectivity index (χ4n) is 2.24. The highest BCUT2D eigenvalue weighted by Crippen LogP contribution is 2.29. The zero-order chi connectivity index (χ0) is 19.8. The van der Waals surface area contributed by atoms with Crippen LogP contribution in [0.4, 0.5) is 0 Å². The van der Waals surface area contributed by atoms with E-state index in [1.165, 1.54) is 0 Å². The molecule has 0 radical (unpaired) electrons. The van der Waals surface area contributed by atoms with Crippen LogP contribution in [0.25, 0.3) is 0 Å². The maximum Gasteiger partial charge on any atom is 0.276 e. The number of hydrazine groups is 1. The summed E-state index contributed by atoms with van der Waals surface area (Å²) < 4.78 is 11.9. The molecule has 0 aromatic heterocycles. The molecule has 2 amide bonds. The van der Waals surface area contributed by atoms with Crippen molar-refractivity contribution in [2.24, 2.45) is 0 Å². The molecule has 0 saturated carbocycles. The van der Waals surface area contributed by atoms with Crippen molar-refractivity contribution in [3.05, 3.63) is 58.1 Å². The second kappa shape index (κ2) is 9.97. The lowest BCUT2D eigenvalue weighted by molar-refractivity contribution is -0.131. The molecule has 0 aliphatic rings. The predicted octanol–water partition coefficient (Wildman–Crippen LogP) is 3.49. The van der Waals surface area contributed by atoms with E-state index in [0.717, 1.165) is 15.6 Å². The average Bonchev–Trinajstić information content (AvgIpc) is 2.64. The monoisotopic (exact) mass is 434 g/mol. The van der Waals surface area contributed by atoms with Crippen LogP contribution in [0.15, 0.2) is 46.9 Å². The molecule has 27 heavy (non-hydrogen) atoms. The molecule has 144 valence electrons. The van der Waals surface area contributed by atoms with Crippen molar-refractivity contribution in [2.75, 3.05) is 13.2 Å². The molecule has 7 heteroatoms. The van der Waals surface area contributed by atoms with Gasteiger partial charge in [-0.15, -0.1) is 0 Å². The number of carbonyl (C=O) groups is 2. The summed E-state index contributed by atoms with van der Waals surface area (Å²) in [6.07, 6.45) is 0. The third-order valence-electron chi connectivity index (χ3n) is 3.68. The summed E-state index contributed by atoms with van der Waals surface area (Å²) in [6.45, 7) is 5.65.